The summed E-state index contributed by atoms with van der Waals surface area (Å²) in [5.74, 6) is 1.69. The molecule has 0 unspecified atom stereocenters. The molecule has 4 rings (SSSR count). The predicted molar refractivity (Wildman–Crippen MR) is 132 cm³/mol. The summed E-state index contributed by atoms with van der Waals surface area (Å²) >= 11 is 6.34. The van der Waals surface area contributed by atoms with Crippen LogP contribution in [0.2, 0.25) is 5.02 Å². The number of carbonyl (C=O) groups is 1. The van der Waals surface area contributed by atoms with Gasteiger partial charge in [0.25, 0.3) is 0 Å². The van der Waals surface area contributed by atoms with Crippen LogP contribution in [0.25, 0.3) is 11.0 Å². The van der Waals surface area contributed by atoms with E-state index in [2.05, 4.69) is 37.5 Å². The maximum Gasteiger partial charge on any atom is 0.227 e. The van der Waals surface area contributed by atoms with E-state index in [-0.39, 0.29) is 5.91 Å². The molecule has 0 spiro atoms. The van der Waals surface area contributed by atoms with Crippen molar-refractivity contribution >= 4 is 28.5 Å². The summed E-state index contributed by atoms with van der Waals surface area (Å²) in [6.07, 6.45) is 6.22. The lowest BCUT2D eigenvalue weighted by Gasteiger charge is -2.25. The number of hydrogen-bond donors (Lipinski definition) is 0. The Kier molecular flexibility index (Phi) is 7.20. The second-order valence-electron chi connectivity index (χ2n) is 9.63. The molecule has 0 saturated heterocycles. The SMILES string of the molecule is Cc1cccc(CC(=O)N(CCC(C)C)Cc2nc3ccc(Cl)cc3n2C2CCCC2)c1. The van der Waals surface area contributed by atoms with Gasteiger partial charge in [-0.3, -0.25) is 4.79 Å². The third-order valence-corrected chi connectivity index (χ3v) is 6.75. The van der Waals surface area contributed by atoms with Crippen LogP contribution in [0.3, 0.4) is 0 Å². The zero-order valence-electron chi connectivity index (χ0n) is 19.5. The van der Waals surface area contributed by atoms with Gasteiger partial charge in [-0.2, -0.15) is 0 Å². The van der Waals surface area contributed by atoms with E-state index in [1.54, 1.807) is 0 Å². The highest BCUT2D eigenvalue weighted by atomic mass is 35.5. The lowest BCUT2D eigenvalue weighted by Crippen LogP contribution is -2.34. The minimum absolute atomic E-state index is 0.166. The molecule has 1 saturated carbocycles. The fourth-order valence-corrected chi connectivity index (χ4v) is 4.95. The van der Waals surface area contributed by atoms with Crippen LogP contribution >= 0.6 is 11.6 Å². The average Bonchev–Trinajstić information content (AvgIpc) is 3.38. The predicted octanol–water partition coefficient (Wildman–Crippen LogP) is 6.73. The van der Waals surface area contributed by atoms with Crippen LogP contribution in [-0.2, 0) is 17.8 Å². The molecule has 3 aromatic rings. The summed E-state index contributed by atoms with van der Waals surface area (Å²) in [5.41, 5.74) is 4.31. The Labute approximate surface area is 196 Å². The molecule has 1 heterocycles. The highest BCUT2D eigenvalue weighted by Gasteiger charge is 2.25. The summed E-state index contributed by atoms with van der Waals surface area (Å²) in [6.45, 7) is 7.77. The molecule has 1 amide bonds. The Morgan fingerprint density at radius 3 is 2.69 bits per heavy atom. The van der Waals surface area contributed by atoms with Crippen molar-refractivity contribution in [3.8, 4) is 0 Å². The van der Waals surface area contributed by atoms with Crippen LogP contribution < -0.4 is 0 Å². The van der Waals surface area contributed by atoms with Crippen LogP contribution in [0.1, 0.15) is 68.9 Å². The molecule has 1 aromatic heterocycles. The minimum Gasteiger partial charge on any atom is -0.335 e. The third-order valence-electron chi connectivity index (χ3n) is 6.51. The molecule has 1 aliphatic rings. The molecule has 4 nitrogen and oxygen atoms in total. The first kappa shape index (κ1) is 22.8. The van der Waals surface area contributed by atoms with Gasteiger partial charge in [-0.25, -0.2) is 4.98 Å². The van der Waals surface area contributed by atoms with Gasteiger partial charge >= 0.3 is 0 Å². The van der Waals surface area contributed by atoms with Crippen molar-refractivity contribution in [2.24, 2.45) is 5.92 Å². The number of imidazole rings is 1. The zero-order valence-corrected chi connectivity index (χ0v) is 20.2. The number of fused-ring (bicyclic) bond motifs is 1. The van der Waals surface area contributed by atoms with Gasteiger partial charge in [-0.1, -0.05) is 68.1 Å². The van der Waals surface area contributed by atoms with Crippen molar-refractivity contribution in [2.45, 2.75) is 71.9 Å². The van der Waals surface area contributed by atoms with Gasteiger partial charge in [-0.15, -0.1) is 0 Å². The van der Waals surface area contributed by atoms with E-state index < -0.39 is 0 Å². The van der Waals surface area contributed by atoms with Crippen molar-refractivity contribution in [2.75, 3.05) is 6.54 Å². The fourth-order valence-electron chi connectivity index (χ4n) is 4.78. The summed E-state index contributed by atoms with van der Waals surface area (Å²) < 4.78 is 2.37. The molecule has 0 radical (unpaired) electrons. The van der Waals surface area contributed by atoms with Gasteiger partial charge in [0.2, 0.25) is 5.91 Å². The second-order valence-corrected chi connectivity index (χ2v) is 10.1. The number of rotatable bonds is 8. The molecule has 5 heteroatoms. The molecule has 0 atom stereocenters. The molecule has 0 N–H and O–H groups in total. The standard InChI is InChI=1S/C27H34ClN3O/c1-19(2)13-14-30(27(32)16-21-8-6-7-20(3)15-21)18-26-29-24-12-11-22(28)17-25(24)31(26)23-9-4-5-10-23/h6-8,11-12,15,17,19,23H,4-5,9-10,13-14,16,18H2,1-3H3. The monoisotopic (exact) mass is 451 g/mol. The van der Waals surface area contributed by atoms with Crippen molar-refractivity contribution in [3.05, 3.63) is 64.4 Å². The van der Waals surface area contributed by atoms with E-state index in [1.807, 2.05) is 35.2 Å². The van der Waals surface area contributed by atoms with E-state index in [1.165, 1.54) is 18.4 Å². The third kappa shape index (κ3) is 5.35. The largest absolute Gasteiger partial charge is 0.335 e. The van der Waals surface area contributed by atoms with Gasteiger partial charge in [0.15, 0.2) is 0 Å². The number of amides is 1. The second kappa shape index (κ2) is 10.1. The van der Waals surface area contributed by atoms with Crippen molar-refractivity contribution < 1.29 is 4.79 Å². The van der Waals surface area contributed by atoms with E-state index in [4.69, 9.17) is 16.6 Å². The molecule has 1 aliphatic carbocycles. The lowest BCUT2D eigenvalue weighted by molar-refractivity contribution is -0.131. The molecule has 0 bridgehead atoms. The number of carbonyl (C=O) groups excluding carboxylic acids is 1. The van der Waals surface area contributed by atoms with Crippen molar-refractivity contribution in [1.29, 1.82) is 0 Å². The first-order valence-electron chi connectivity index (χ1n) is 11.9. The Bertz CT molecular complexity index is 1080. The van der Waals surface area contributed by atoms with Crippen LogP contribution in [0.4, 0.5) is 0 Å². The highest BCUT2D eigenvalue weighted by Crippen LogP contribution is 2.35. The quantitative estimate of drug-likeness (QED) is 0.380. The molecule has 1 fully saturated rings. The van der Waals surface area contributed by atoms with E-state index in [9.17, 15) is 4.79 Å². The topological polar surface area (TPSA) is 38.1 Å². The van der Waals surface area contributed by atoms with Crippen molar-refractivity contribution in [3.63, 3.8) is 0 Å². The lowest BCUT2D eigenvalue weighted by atomic mass is 10.1. The number of aryl methyl sites for hydroxylation is 1. The molecular formula is C27H34ClN3O. The maximum atomic E-state index is 13.4. The zero-order chi connectivity index (χ0) is 22.7. The van der Waals surface area contributed by atoms with Crippen LogP contribution in [-0.4, -0.2) is 26.9 Å². The van der Waals surface area contributed by atoms with Gasteiger partial charge in [0, 0.05) is 17.6 Å². The van der Waals surface area contributed by atoms with Crippen molar-refractivity contribution in [1.82, 2.24) is 14.5 Å². The molecular weight excluding hydrogens is 418 g/mol. The van der Waals surface area contributed by atoms with Gasteiger partial charge in [0.1, 0.15) is 5.82 Å². The Morgan fingerprint density at radius 1 is 1.19 bits per heavy atom. The summed E-state index contributed by atoms with van der Waals surface area (Å²) in [4.78, 5) is 20.4. The number of benzene rings is 2. The summed E-state index contributed by atoms with van der Waals surface area (Å²) in [6, 6.07) is 14.6. The smallest absolute Gasteiger partial charge is 0.227 e. The number of halogens is 1. The van der Waals surface area contributed by atoms with E-state index >= 15 is 0 Å². The van der Waals surface area contributed by atoms with E-state index in [0.29, 0.717) is 24.9 Å². The first-order chi connectivity index (χ1) is 15.4. The fraction of sp³-hybridized carbons (Fsp3) is 0.481. The Morgan fingerprint density at radius 2 is 1.97 bits per heavy atom. The maximum absolute atomic E-state index is 13.4. The highest BCUT2D eigenvalue weighted by molar-refractivity contribution is 6.31. The van der Waals surface area contributed by atoms with Crippen LogP contribution in [0.5, 0.6) is 0 Å². The van der Waals surface area contributed by atoms with Gasteiger partial charge in [-0.05, 0) is 55.9 Å². The average molecular weight is 452 g/mol. The Hall–Kier alpha value is -2.33. The summed E-state index contributed by atoms with van der Waals surface area (Å²) in [7, 11) is 0. The molecule has 2 aromatic carbocycles. The molecule has 170 valence electrons. The van der Waals surface area contributed by atoms with Crippen LogP contribution in [0, 0.1) is 12.8 Å². The molecule has 32 heavy (non-hydrogen) atoms. The number of hydrogen-bond acceptors (Lipinski definition) is 2. The van der Waals surface area contributed by atoms with Gasteiger partial charge < -0.3 is 9.47 Å². The number of nitrogens with zero attached hydrogens (tertiary/aromatic N) is 3. The van der Waals surface area contributed by atoms with Gasteiger partial charge in [0.05, 0.1) is 24.0 Å². The van der Waals surface area contributed by atoms with E-state index in [0.717, 1.165) is 53.3 Å². The Balaban J connectivity index is 1.65. The minimum atomic E-state index is 0.166. The van der Waals surface area contributed by atoms with Crippen LogP contribution in [0.15, 0.2) is 42.5 Å². The normalized spacial score (nSPS) is 14.5. The first-order valence-corrected chi connectivity index (χ1v) is 12.3. The summed E-state index contributed by atoms with van der Waals surface area (Å²) in [5, 5.41) is 0.732. The molecule has 0 aliphatic heterocycles. The number of aromatic nitrogens is 2.